The van der Waals surface area contributed by atoms with Crippen LogP contribution < -0.4 is 0 Å². The van der Waals surface area contributed by atoms with Gasteiger partial charge >= 0.3 is 0 Å². The minimum Gasteiger partial charge on any atom is -0.333 e. The van der Waals surface area contributed by atoms with Crippen molar-refractivity contribution >= 4 is 16.8 Å². The van der Waals surface area contributed by atoms with Crippen LogP contribution in [0.3, 0.4) is 0 Å². The normalized spacial score (nSPS) is 16.2. The van der Waals surface area contributed by atoms with Crippen LogP contribution in [0.2, 0.25) is 0 Å². The van der Waals surface area contributed by atoms with Crippen LogP contribution >= 0.6 is 0 Å². The molecular formula is C22H22F2N4O. The number of pyridine rings is 1. The maximum Gasteiger partial charge on any atom is 0.265 e. The van der Waals surface area contributed by atoms with E-state index in [1.54, 1.807) is 25.4 Å². The zero-order valence-corrected chi connectivity index (χ0v) is 16.7. The fourth-order valence-corrected chi connectivity index (χ4v) is 3.69. The van der Waals surface area contributed by atoms with Crippen LogP contribution in [0, 0.1) is 20.8 Å². The van der Waals surface area contributed by atoms with Crippen molar-refractivity contribution in [2.45, 2.75) is 39.5 Å². The molecule has 1 fully saturated rings. The number of aromatic nitrogens is 3. The van der Waals surface area contributed by atoms with Gasteiger partial charge in [0.25, 0.3) is 11.8 Å². The molecule has 0 unspecified atom stereocenters. The highest BCUT2D eigenvalue weighted by Gasteiger charge is 2.37. The monoisotopic (exact) mass is 396 g/mol. The topological polar surface area (TPSA) is 59.0 Å². The van der Waals surface area contributed by atoms with Crippen molar-refractivity contribution in [2.75, 3.05) is 13.1 Å². The Labute approximate surface area is 167 Å². The van der Waals surface area contributed by atoms with Gasteiger partial charge in [-0.1, -0.05) is 12.1 Å². The van der Waals surface area contributed by atoms with Gasteiger partial charge in [0.05, 0.1) is 23.3 Å². The average molecular weight is 396 g/mol. The van der Waals surface area contributed by atoms with Crippen molar-refractivity contribution in [3.63, 3.8) is 0 Å². The standard InChI is InChI=1S/C22H22F2N4O/c1-13-5-6-17-18(21(29)28-8-4-7-22(23,24)12-28)9-19(27-20(17)14(13)2)16-10-25-15(3)26-11-16/h5-6,9-11H,4,7-8,12H2,1-3H3. The van der Waals surface area contributed by atoms with Crippen molar-refractivity contribution in [3.05, 3.63) is 53.1 Å². The largest absolute Gasteiger partial charge is 0.333 e. The highest BCUT2D eigenvalue weighted by Crippen LogP contribution is 2.31. The van der Waals surface area contributed by atoms with Crippen LogP contribution in [0.25, 0.3) is 22.2 Å². The van der Waals surface area contributed by atoms with Gasteiger partial charge in [0.1, 0.15) is 5.82 Å². The fourth-order valence-electron chi connectivity index (χ4n) is 3.69. The van der Waals surface area contributed by atoms with Crippen LogP contribution in [0.15, 0.2) is 30.6 Å². The number of hydrogen-bond donors (Lipinski definition) is 0. The Hall–Kier alpha value is -2.96. The molecule has 1 amide bonds. The van der Waals surface area contributed by atoms with Crippen LogP contribution in [-0.2, 0) is 0 Å². The molecule has 29 heavy (non-hydrogen) atoms. The molecule has 0 saturated carbocycles. The first kappa shape index (κ1) is 19.4. The molecule has 4 rings (SSSR count). The molecule has 1 aliphatic rings. The Morgan fingerprint density at radius 1 is 1.14 bits per heavy atom. The van der Waals surface area contributed by atoms with Gasteiger partial charge in [-0.25, -0.2) is 23.7 Å². The SMILES string of the molecule is Cc1ncc(-c2cc(C(=O)N3CCCC(F)(F)C3)c3ccc(C)c(C)c3n2)cn1. The predicted octanol–water partition coefficient (Wildman–Crippen LogP) is 4.49. The first-order valence-corrected chi connectivity index (χ1v) is 9.62. The zero-order valence-electron chi connectivity index (χ0n) is 16.7. The van der Waals surface area contributed by atoms with E-state index in [0.29, 0.717) is 46.5 Å². The molecule has 0 atom stereocenters. The molecular weight excluding hydrogens is 374 g/mol. The highest BCUT2D eigenvalue weighted by atomic mass is 19.3. The van der Waals surface area contributed by atoms with E-state index >= 15 is 0 Å². The number of amides is 1. The number of benzene rings is 1. The molecule has 0 aliphatic carbocycles. The Morgan fingerprint density at radius 2 is 1.86 bits per heavy atom. The molecule has 0 bridgehead atoms. The van der Waals surface area contributed by atoms with Gasteiger partial charge in [-0.05, 0) is 44.4 Å². The second kappa shape index (κ2) is 7.13. The van der Waals surface area contributed by atoms with Gasteiger partial charge in [0.15, 0.2) is 0 Å². The summed E-state index contributed by atoms with van der Waals surface area (Å²) >= 11 is 0. The van der Waals surface area contributed by atoms with E-state index in [9.17, 15) is 13.6 Å². The van der Waals surface area contributed by atoms with E-state index in [1.807, 2.05) is 26.0 Å². The quantitative estimate of drug-likeness (QED) is 0.640. The minimum atomic E-state index is -2.85. The number of aryl methyl sites for hydroxylation is 3. The first-order chi connectivity index (χ1) is 13.7. The van der Waals surface area contributed by atoms with Crippen molar-refractivity contribution in [3.8, 4) is 11.3 Å². The lowest BCUT2D eigenvalue weighted by atomic mass is 9.98. The molecule has 0 radical (unpaired) electrons. The molecule has 1 saturated heterocycles. The number of rotatable bonds is 2. The number of nitrogens with zero attached hydrogens (tertiary/aromatic N) is 4. The van der Waals surface area contributed by atoms with Gasteiger partial charge in [-0.15, -0.1) is 0 Å². The van der Waals surface area contributed by atoms with Crippen LogP contribution in [0.1, 0.15) is 40.2 Å². The highest BCUT2D eigenvalue weighted by molar-refractivity contribution is 6.08. The molecule has 0 spiro atoms. The van der Waals surface area contributed by atoms with Crippen LogP contribution in [-0.4, -0.2) is 44.8 Å². The molecule has 150 valence electrons. The Kier molecular flexibility index (Phi) is 4.76. The number of likely N-dealkylation sites (tertiary alicyclic amines) is 1. The fraction of sp³-hybridized carbons (Fsp3) is 0.364. The van der Waals surface area contributed by atoms with E-state index in [4.69, 9.17) is 4.98 Å². The molecule has 1 aromatic carbocycles. The van der Waals surface area contributed by atoms with Crippen molar-refractivity contribution in [2.24, 2.45) is 0 Å². The molecule has 5 nitrogen and oxygen atoms in total. The summed E-state index contributed by atoms with van der Waals surface area (Å²) in [6.07, 6.45) is 3.42. The number of carbonyl (C=O) groups excluding carboxylic acids is 1. The Bertz CT molecular complexity index is 1100. The lowest BCUT2D eigenvalue weighted by Crippen LogP contribution is -2.45. The third kappa shape index (κ3) is 3.69. The minimum absolute atomic E-state index is 0.182. The summed E-state index contributed by atoms with van der Waals surface area (Å²) < 4.78 is 27.8. The third-order valence-electron chi connectivity index (χ3n) is 5.49. The summed E-state index contributed by atoms with van der Waals surface area (Å²) in [6.45, 7) is 5.49. The summed E-state index contributed by atoms with van der Waals surface area (Å²) in [7, 11) is 0. The molecule has 1 aliphatic heterocycles. The number of piperidine rings is 1. The van der Waals surface area contributed by atoms with Crippen molar-refractivity contribution in [1.29, 1.82) is 0 Å². The number of hydrogen-bond acceptors (Lipinski definition) is 4. The van der Waals surface area contributed by atoms with Gasteiger partial charge in [-0.2, -0.15) is 0 Å². The number of halogens is 2. The molecule has 0 N–H and O–H groups in total. The molecule has 2 aromatic heterocycles. The second-order valence-electron chi connectivity index (χ2n) is 7.66. The van der Waals surface area contributed by atoms with Gasteiger partial charge in [0, 0.05) is 36.3 Å². The smallest absolute Gasteiger partial charge is 0.265 e. The van der Waals surface area contributed by atoms with Crippen molar-refractivity contribution in [1.82, 2.24) is 19.9 Å². The van der Waals surface area contributed by atoms with E-state index < -0.39 is 18.4 Å². The summed E-state index contributed by atoms with van der Waals surface area (Å²) in [4.78, 5) is 27.7. The Morgan fingerprint density at radius 3 is 2.55 bits per heavy atom. The summed E-state index contributed by atoms with van der Waals surface area (Å²) in [6, 6.07) is 5.44. The summed E-state index contributed by atoms with van der Waals surface area (Å²) in [5.74, 6) is -2.61. The number of carbonyl (C=O) groups is 1. The van der Waals surface area contributed by atoms with Crippen LogP contribution in [0.4, 0.5) is 8.78 Å². The van der Waals surface area contributed by atoms with E-state index in [2.05, 4.69) is 9.97 Å². The third-order valence-corrected chi connectivity index (χ3v) is 5.49. The molecule has 3 heterocycles. The van der Waals surface area contributed by atoms with Gasteiger partial charge < -0.3 is 4.90 Å². The van der Waals surface area contributed by atoms with E-state index in [1.165, 1.54) is 4.90 Å². The number of alkyl halides is 2. The number of fused-ring (bicyclic) bond motifs is 1. The summed E-state index contributed by atoms with van der Waals surface area (Å²) in [5.41, 5.74) is 4.30. The second-order valence-corrected chi connectivity index (χ2v) is 7.66. The average Bonchev–Trinajstić information content (AvgIpc) is 2.69. The lowest BCUT2D eigenvalue weighted by molar-refractivity contribution is -0.0560. The van der Waals surface area contributed by atoms with E-state index in [-0.39, 0.29) is 6.42 Å². The zero-order chi connectivity index (χ0) is 20.8. The first-order valence-electron chi connectivity index (χ1n) is 9.62. The molecule has 3 aromatic rings. The lowest BCUT2D eigenvalue weighted by Gasteiger charge is -2.32. The summed E-state index contributed by atoms with van der Waals surface area (Å²) in [5, 5.41) is 0.670. The maximum absolute atomic E-state index is 13.9. The van der Waals surface area contributed by atoms with Crippen molar-refractivity contribution < 1.29 is 13.6 Å². The van der Waals surface area contributed by atoms with Gasteiger partial charge in [0.2, 0.25) is 0 Å². The van der Waals surface area contributed by atoms with E-state index in [0.717, 1.165) is 11.1 Å². The Balaban J connectivity index is 1.88. The predicted molar refractivity (Wildman–Crippen MR) is 107 cm³/mol. The van der Waals surface area contributed by atoms with Crippen LogP contribution in [0.5, 0.6) is 0 Å². The molecule has 7 heteroatoms. The van der Waals surface area contributed by atoms with Gasteiger partial charge in [-0.3, -0.25) is 4.79 Å². The maximum atomic E-state index is 13.9.